The zero-order chi connectivity index (χ0) is 13.7. The number of aliphatic hydroxyl groups excluding tert-OH is 1. The normalized spacial score (nSPS) is 15.8. The predicted molar refractivity (Wildman–Crippen MR) is 78.9 cm³/mol. The number of nitrogens with one attached hydrogen (secondary N) is 1. The minimum atomic E-state index is 0.117. The number of aliphatic hydroxyl groups is 1. The maximum absolute atomic E-state index is 9.27. The van der Waals surface area contributed by atoms with Gasteiger partial charge in [0.05, 0.1) is 0 Å². The summed E-state index contributed by atoms with van der Waals surface area (Å²) in [7, 11) is 0. The van der Waals surface area contributed by atoms with Gasteiger partial charge in [0.25, 0.3) is 0 Å². The molecule has 0 amide bonds. The van der Waals surface area contributed by atoms with Crippen molar-refractivity contribution in [1.29, 1.82) is 0 Å². The summed E-state index contributed by atoms with van der Waals surface area (Å²) in [5, 5.41) is 12.7. The van der Waals surface area contributed by atoms with Gasteiger partial charge in [-0.05, 0) is 31.0 Å². The van der Waals surface area contributed by atoms with E-state index in [1.807, 2.05) is 18.2 Å². The van der Waals surface area contributed by atoms with Crippen LogP contribution in [-0.4, -0.2) is 24.9 Å². The fraction of sp³-hybridized carbons (Fsp3) is 0.467. The molecule has 102 valence electrons. The van der Waals surface area contributed by atoms with Gasteiger partial charge in [0.2, 0.25) is 0 Å². The summed E-state index contributed by atoms with van der Waals surface area (Å²) in [6.07, 6.45) is 7.43. The first-order valence-electron chi connectivity index (χ1n) is 6.35. The minimum Gasteiger partial charge on any atom is -0.481 e. The molecule has 4 heteroatoms. The van der Waals surface area contributed by atoms with Gasteiger partial charge in [-0.1, -0.05) is 21.9 Å². The topological polar surface area (TPSA) is 41.5 Å². The second-order valence-corrected chi connectivity index (χ2v) is 5.92. The first-order valence-corrected chi connectivity index (χ1v) is 7.15. The summed E-state index contributed by atoms with van der Waals surface area (Å²) >= 11 is 3.46. The molecule has 0 spiro atoms. The lowest BCUT2D eigenvalue weighted by atomic mass is 10.1. The van der Waals surface area contributed by atoms with Crippen molar-refractivity contribution >= 4 is 15.9 Å². The van der Waals surface area contributed by atoms with Crippen LogP contribution in [0.15, 0.2) is 22.7 Å². The number of ether oxygens (including phenoxy) is 1. The third-order valence-electron chi connectivity index (χ3n) is 3.44. The Balaban J connectivity index is 1.94. The fourth-order valence-electron chi connectivity index (χ4n) is 1.98. The number of terminal acetylenes is 1. The Bertz CT molecular complexity index is 478. The molecule has 1 fully saturated rings. The van der Waals surface area contributed by atoms with Gasteiger partial charge < -0.3 is 15.2 Å². The number of halogens is 1. The quantitative estimate of drug-likeness (QED) is 0.757. The maximum Gasteiger partial charge on any atom is 0.148 e. The van der Waals surface area contributed by atoms with Gasteiger partial charge >= 0.3 is 0 Å². The number of hydrogen-bond donors (Lipinski definition) is 2. The smallest absolute Gasteiger partial charge is 0.148 e. The van der Waals surface area contributed by atoms with E-state index >= 15 is 0 Å². The maximum atomic E-state index is 9.27. The van der Waals surface area contributed by atoms with E-state index in [1.54, 1.807) is 0 Å². The van der Waals surface area contributed by atoms with Crippen molar-refractivity contribution in [3.05, 3.63) is 28.2 Å². The molecule has 2 N–H and O–H groups in total. The van der Waals surface area contributed by atoms with Crippen molar-refractivity contribution in [2.45, 2.75) is 19.4 Å². The number of rotatable bonds is 7. The number of benzene rings is 1. The third kappa shape index (κ3) is 3.97. The highest BCUT2D eigenvalue weighted by Crippen LogP contribution is 2.44. The molecular weight excluding hydrogens is 306 g/mol. The van der Waals surface area contributed by atoms with E-state index in [4.69, 9.17) is 11.2 Å². The van der Waals surface area contributed by atoms with Crippen molar-refractivity contribution < 1.29 is 9.84 Å². The molecule has 19 heavy (non-hydrogen) atoms. The molecule has 0 aliphatic heterocycles. The van der Waals surface area contributed by atoms with Gasteiger partial charge in [0, 0.05) is 35.1 Å². The molecular formula is C15H18BrNO2. The summed E-state index contributed by atoms with van der Waals surface area (Å²) in [6.45, 7) is 2.08. The zero-order valence-electron chi connectivity index (χ0n) is 10.8. The molecule has 0 aromatic heterocycles. The summed E-state index contributed by atoms with van der Waals surface area (Å²) in [5.74, 6) is 3.28. The van der Waals surface area contributed by atoms with E-state index in [0.29, 0.717) is 6.54 Å². The Morgan fingerprint density at radius 3 is 2.89 bits per heavy atom. The molecule has 0 saturated heterocycles. The van der Waals surface area contributed by atoms with Gasteiger partial charge in [-0.25, -0.2) is 0 Å². The second-order valence-electron chi connectivity index (χ2n) is 5.01. The van der Waals surface area contributed by atoms with Crippen LogP contribution in [0.3, 0.4) is 0 Å². The highest BCUT2D eigenvalue weighted by molar-refractivity contribution is 9.10. The van der Waals surface area contributed by atoms with Crippen LogP contribution in [0.25, 0.3) is 0 Å². The largest absolute Gasteiger partial charge is 0.481 e. The number of hydrogen-bond acceptors (Lipinski definition) is 3. The van der Waals surface area contributed by atoms with Crippen molar-refractivity contribution in [2.75, 3.05) is 19.8 Å². The molecule has 0 unspecified atom stereocenters. The van der Waals surface area contributed by atoms with Crippen molar-refractivity contribution in [2.24, 2.45) is 5.41 Å². The first-order chi connectivity index (χ1) is 9.19. The zero-order valence-corrected chi connectivity index (χ0v) is 12.4. The fourth-order valence-corrected chi connectivity index (χ4v) is 2.38. The van der Waals surface area contributed by atoms with E-state index in [1.165, 1.54) is 0 Å². The van der Waals surface area contributed by atoms with Crippen LogP contribution < -0.4 is 10.1 Å². The Labute approximate surface area is 122 Å². The van der Waals surface area contributed by atoms with Crippen LogP contribution in [0.2, 0.25) is 0 Å². The lowest BCUT2D eigenvalue weighted by Gasteiger charge is -2.15. The second kappa shape index (κ2) is 6.42. The molecule has 1 aromatic rings. The standard InChI is InChI=1S/C15H18BrNO2/c1-2-7-19-14-4-3-13(16)8-12(14)9-17-10-15(11-18)5-6-15/h1,3-4,8,17-18H,5-7,9-11H2. The Morgan fingerprint density at radius 2 is 2.26 bits per heavy atom. The molecule has 2 rings (SSSR count). The van der Waals surface area contributed by atoms with Crippen molar-refractivity contribution in [1.82, 2.24) is 5.32 Å². The molecule has 1 aromatic carbocycles. The summed E-state index contributed by atoms with van der Waals surface area (Å²) in [4.78, 5) is 0. The summed E-state index contributed by atoms with van der Waals surface area (Å²) < 4.78 is 6.53. The average molecular weight is 324 g/mol. The third-order valence-corrected chi connectivity index (χ3v) is 3.93. The summed E-state index contributed by atoms with van der Waals surface area (Å²) in [5.41, 5.74) is 1.18. The Morgan fingerprint density at radius 1 is 1.47 bits per heavy atom. The van der Waals surface area contributed by atoms with E-state index in [2.05, 4.69) is 27.2 Å². The van der Waals surface area contributed by atoms with Crippen LogP contribution in [0.4, 0.5) is 0 Å². The predicted octanol–water partition coefficient (Wildman–Crippen LogP) is 2.32. The van der Waals surface area contributed by atoms with E-state index in [9.17, 15) is 5.11 Å². The van der Waals surface area contributed by atoms with Crippen LogP contribution >= 0.6 is 15.9 Å². The highest BCUT2D eigenvalue weighted by Gasteiger charge is 2.41. The van der Waals surface area contributed by atoms with Crippen LogP contribution in [-0.2, 0) is 6.54 Å². The molecule has 1 aliphatic carbocycles. The van der Waals surface area contributed by atoms with Gasteiger partial charge in [0.15, 0.2) is 0 Å². The average Bonchev–Trinajstić information content (AvgIpc) is 3.18. The SMILES string of the molecule is C#CCOc1ccc(Br)cc1CNCC1(CO)CC1. The minimum absolute atomic E-state index is 0.117. The van der Waals surface area contributed by atoms with Crippen LogP contribution in [0, 0.1) is 17.8 Å². The van der Waals surface area contributed by atoms with E-state index in [-0.39, 0.29) is 18.6 Å². The molecule has 3 nitrogen and oxygen atoms in total. The molecule has 0 radical (unpaired) electrons. The van der Waals surface area contributed by atoms with Gasteiger partial charge in [-0.3, -0.25) is 0 Å². The van der Waals surface area contributed by atoms with Crippen LogP contribution in [0.5, 0.6) is 5.75 Å². The first kappa shape index (κ1) is 14.4. The van der Waals surface area contributed by atoms with Gasteiger partial charge in [-0.2, -0.15) is 0 Å². The Kier molecular flexibility index (Phi) is 4.87. The monoisotopic (exact) mass is 323 g/mol. The van der Waals surface area contributed by atoms with Crippen LogP contribution in [0.1, 0.15) is 18.4 Å². The molecule has 0 bridgehead atoms. The van der Waals surface area contributed by atoms with Crippen molar-refractivity contribution in [3.8, 4) is 18.1 Å². The molecule has 1 aliphatic rings. The lowest BCUT2D eigenvalue weighted by molar-refractivity contribution is 0.207. The summed E-state index contributed by atoms with van der Waals surface area (Å²) in [6, 6.07) is 5.88. The van der Waals surface area contributed by atoms with E-state index < -0.39 is 0 Å². The Hall–Kier alpha value is -1.02. The molecule has 0 heterocycles. The molecule has 0 atom stereocenters. The van der Waals surface area contributed by atoms with Crippen molar-refractivity contribution in [3.63, 3.8) is 0 Å². The highest BCUT2D eigenvalue weighted by atomic mass is 79.9. The van der Waals surface area contributed by atoms with Gasteiger partial charge in [0.1, 0.15) is 12.4 Å². The van der Waals surface area contributed by atoms with E-state index in [0.717, 1.165) is 35.2 Å². The van der Waals surface area contributed by atoms with Gasteiger partial charge in [-0.15, -0.1) is 6.42 Å². The lowest BCUT2D eigenvalue weighted by Crippen LogP contribution is -2.26. The molecule has 1 saturated carbocycles.